The zero-order valence-electron chi connectivity index (χ0n) is 11.3. The highest BCUT2D eigenvalue weighted by atomic mass is 79.9. The van der Waals surface area contributed by atoms with Crippen molar-refractivity contribution in [3.63, 3.8) is 0 Å². The Morgan fingerprint density at radius 2 is 2.26 bits per heavy atom. The van der Waals surface area contributed by atoms with Crippen molar-refractivity contribution in [2.75, 3.05) is 0 Å². The van der Waals surface area contributed by atoms with E-state index >= 15 is 0 Å². The summed E-state index contributed by atoms with van der Waals surface area (Å²) in [5.74, 6) is 2.87. The fourth-order valence-corrected chi connectivity index (χ4v) is 6.06. The van der Waals surface area contributed by atoms with E-state index in [4.69, 9.17) is 0 Å². The first kappa shape index (κ1) is 12.4. The molecule has 0 saturated heterocycles. The van der Waals surface area contributed by atoms with Crippen molar-refractivity contribution in [1.82, 2.24) is 9.78 Å². The molecule has 3 aliphatic rings. The predicted molar refractivity (Wildman–Crippen MR) is 76.5 cm³/mol. The van der Waals surface area contributed by atoms with Crippen molar-refractivity contribution in [2.24, 2.45) is 23.7 Å². The Hall–Kier alpha value is -0.350. The summed E-state index contributed by atoms with van der Waals surface area (Å²) in [6.07, 6.45) is 8.11. The molecular formula is C15H21BrN2O. The van der Waals surface area contributed by atoms with Gasteiger partial charge in [0.25, 0.3) is 0 Å². The smallest absolute Gasteiger partial charge is 0.111 e. The standard InChI is InChI=1S/C15H21BrN2O/c1-2-18-14(13(16)8-17-18)15(19)7-9-6-12(15)11-5-3-4-10(9)11/h8-12,19H,2-7H2,1H3. The molecule has 5 atom stereocenters. The van der Waals surface area contributed by atoms with E-state index in [1.54, 1.807) is 0 Å². The summed E-state index contributed by atoms with van der Waals surface area (Å²) in [5, 5.41) is 15.8. The zero-order valence-corrected chi connectivity index (χ0v) is 12.9. The van der Waals surface area contributed by atoms with Crippen molar-refractivity contribution < 1.29 is 5.11 Å². The lowest BCUT2D eigenvalue weighted by Crippen LogP contribution is -2.40. The molecule has 104 valence electrons. The SMILES string of the molecule is CCn1ncc(Br)c1C1(O)CC2CC1C1CCCC21. The molecule has 3 aliphatic carbocycles. The van der Waals surface area contributed by atoms with E-state index in [1.807, 2.05) is 10.9 Å². The van der Waals surface area contributed by atoms with Gasteiger partial charge in [-0.3, -0.25) is 4.68 Å². The van der Waals surface area contributed by atoms with E-state index in [1.165, 1.54) is 25.7 Å². The van der Waals surface area contributed by atoms with Crippen LogP contribution in [0, 0.1) is 23.7 Å². The van der Waals surface area contributed by atoms with Gasteiger partial charge in [0.05, 0.1) is 16.4 Å². The number of hydrogen-bond donors (Lipinski definition) is 1. The van der Waals surface area contributed by atoms with Crippen molar-refractivity contribution in [1.29, 1.82) is 0 Å². The molecule has 0 amide bonds. The molecule has 19 heavy (non-hydrogen) atoms. The molecule has 1 N–H and O–H groups in total. The number of halogens is 1. The Kier molecular flexibility index (Phi) is 2.66. The highest BCUT2D eigenvalue weighted by Gasteiger charge is 2.62. The van der Waals surface area contributed by atoms with E-state index in [9.17, 15) is 5.11 Å². The second kappa shape index (κ2) is 4.08. The van der Waals surface area contributed by atoms with Gasteiger partial charge in [0.1, 0.15) is 5.60 Å². The van der Waals surface area contributed by atoms with Gasteiger partial charge in [-0.2, -0.15) is 5.10 Å². The van der Waals surface area contributed by atoms with Crippen LogP contribution in [0.3, 0.4) is 0 Å². The lowest BCUT2D eigenvalue weighted by molar-refractivity contribution is -0.0583. The highest BCUT2D eigenvalue weighted by molar-refractivity contribution is 9.10. The molecule has 0 aromatic carbocycles. The zero-order chi connectivity index (χ0) is 13.2. The quantitative estimate of drug-likeness (QED) is 0.906. The Labute approximate surface area is 122 Å². The first-order chi connectivity index (χ1) is 9.15. The largest absolute Gasteiger partial charge is 0.383 e. The topological polar surface area (TPSA) is 38.0 Å². The van der Waals surface area contributed by atoms with Gasteiger partial charge in [0.15, 0.2) is 0 Å². The summed E-state index contributed by atoms with van der Waals surface area (Å²) >= 11 is 3.60. The van der Waals surface area contributed by atoms with Gasteiger partial charge in [0.2, 0.25) is 0 Å². The maximum absolute atomic E-state index is 11.4. The van der Waals surface area contributed by atoms with Crippen molar-refractivity contribution in [3.8, 4) is 0 Å². The maximum Gasteiger partial charge on any atom is 0.111 e. The van der Waals surface area contributed by atoms with Crippen LogP contribution in [0.2, 0.25) is 0 Å². The van der Waals surface area contributed by atoms with E-state index in [2.05, 4.69) is 28.0 Å². The van der Waals surface area contributed by atoms with E-state index in [0.717, 1.165) is 40.9 Å². The minimum Gasteiger partial charge on any atom is -0.383 e. The van der Waals surface area contributed by atoms with Crippen LogP contribution in [0.5, 0.6) is 0 Å². The van der Waals surface area contributed by atoms with Crippen LogP contribution in [-0.2, 0) is 12.1 Å². The lowest BCUT2D eigenvalue weighted by Gasteiger charge is -2.39. The summed E-state index contributed by atoms with van der Waals surface area (Å²) < 4.78 is 2.97. The second-order valence-corrected chi connectivity index (χ2v) is 7.50. The summed E-state index contributed by atoms with van der Waals surface area (Å²) in [4.78, 5) is 0. The summed E-state index contributed by atoms with van der Waals surface area (Å²) in [7, 11) is 0. The molecule has 1 heterocycles. The minimum atomic E-state index is -0.637. The van der Waals surface area contributed by atoms with Gasteiger partial charge >= 0.3 is 0 Å². The molecule has 3 saturated carbocycles. The number of hydrogen-bond acceptors (Lipinski definition) is 2. The summed E-state index contributed by atoms with van der Waals surface area (Å²) in [6, 6.07) is 0. The van der Waals surface area contributed by atoms with Crippen molar-refractivity contribution in [2.45, 2.75) is 51.2 Å². The fraction of sp³-hybridized carbons (Fsp3) is 0.800. The Bertz CT molecular complexity index is 514. The average molecular weight is 325 g/mol. The van der Waals surface area contributed by atoms with E-state index in [0.29, 0.717) is 5.92 Å². The van der Waals surface area contributed by atoms with E-state index < -0.39 is 5.60 Å². The monoisotopic (exact) mass is 324 g/mol. The predicted octanol–water partition coefficient (Wildman–Crippen LogP) is 3.31. The normalized spacial score (nSPS) is 43.9. The second-order valence-electron chi connectivity index (χ2n) is 6.65. The summed E-state index contributed by atoms with van der Waals surface area (Å²) in [6.45, 7) is 2.92. The van der Waals surface area contributed by atoms with Crippen LogP contribution >= 0.6 is 15.9 Å². The molecule has 0 radical (unpaired) electrons. The number of aliphatic hydroxyl groups is 1. The molecule has 4 heteroatoms. The van der Waals surface area contributed by atoms with Gasteiger partial charge in [0, 0.05) is 6.54 Å². The molecule has 5 unspecified atom stereocenters. The van der Waals surface area contributed by atoms with Crippen LogP contribution in [0.25, 0.3) is 0 Å². The molecule has 1 aromatic heterocycles. The van der Waals surface area contributed by atoms with Crippen LogP contribution in [0.15, 0.2) is 10.7 Å². The number of aromatic nitrogens is 2. The Morgan fingerprint density at radius 3 is 3.05 bits per heavy atom. The fourth-order valence-electron chi connectivity index (χ4n) is 5.42. The third kappa shape index (κ3) is 1.50. The number of fused-ring (bicyclic) bond motifs is 5. The number of nitrogens with zero attached hydrogens (tertiary/aromatic N) is 2. The Balaban J connectivity index is 1.77. The molecule has 2 bridgehead atoms. The molecular weight excluding hydrogens is 304 g/mol. The van der Waals surface area contributed by atoms with E-state index in [-0.39, 0.29) is 0 Å². The van der Waals surface area contributed by atoms with Gasteiger partial charge < -0.3 is 5.11 Å². The van der Waals surface area contributed by atoms with Crippen molar-refractivity contribution in [3.05, 3.63) is 16.4 Å². The molecule has 0 aliphatic heterocycles. The average Bonchev–Trinajstić information content (AvgIpc) is 3.07. The van der Waals surface area contributed by atoms with Crippen LogP contribution in [0.1, 0.15) is 44.7 Å². The minimum absolute atomic E-state index is 0.461. The third-order valence-corrected chi connectivity index (χ3v) is 6.58. The van der Waals surface area contributed by atoms with Crippen LogP contribution in [0.4, 0.5) is 0 Å². The highest BCUT2D eigenvalue weighted by Crippen LogP contribution is 2.65. The number of rotatable bonds is 2. The van der Waals surface area contributed by atoms with Crippen molar-refractivity contribution >= 4 is 15.9 Å². The van der Waals surface area contributed by atoms with Crippen LogP contribution in [-0.4, -0.2) is 14.9 Å². The molecule has 0 spiro atoms. The van der Waals surface area contributed by atoms with Crippen LogP contribution < -0.4 is 0 Å². The molecule has 3 fully saturated rings. The molecule has 1 aromatic rings. The van der Waals surface area contributed by atoms with Gasteiger partial charge in [-0.1, -0.05) is 6.42 Å². The first-order valence-corrected chi connectivity index (χ1v) is 8.38. The lowest BCUT2D eigenvalue weighted by atomic mass is 9.71. The van der Waals surface area contributed by atoms with Gasteiger partial charge in [-0.15, -0.1) is 0 Å². The number of aryl methyl sites for hydroxylation is 1. The van der Waals surface area contributed by atoms with Gasteiger partial charge in [-0.05, 0) is 72.2 Å². The first-order valence-electron chi connectivity index (χ1n) is 7.59. The van der Waals surface area contributed by atoms with Gasteiger partial charge in [-0.25, -0.2) is 0 Å². The summed E-state index contributed by atoms with van der Waals surface area (Å²) in [5.41, 5.74) is 0.398. The molecule has 4 rings (SSSR count). The maximum atomic E-state index is 11.4. The molecule has 3 nitrogen and oxygen atoms in total. The Morgan fingerprint density at radius 1 is 1.47 bits per heavy atom. The third-order valence-electron chi connectivity index (χ3n) is 6.00.